The monoisotopic (exact) mass is 265 g/mol. The molecule has 0 aromatic heterocycles. The molecule has 1 N–H and O–H groups in total. The molecule has 0 heterocycles. The second kappa shape index (κ2) is 6.56. The third-order valence-electron chi connectivity index (χ3n) is 1.43. The van der Waals surface area contributed by atoms with Gasteiger partial charge in [0.15, 0.2) is 0 Å². The number of rotatable bonds is 6. The summed E-state index contributed by atoms with van der Waals surface area (Å²) in [6.07, 6.45) is 0.973. The highest BCUT2D eigenvalue weighted by atomic mass is 79.9. The van der Waals surface area contributed by atoms with Gasteiger partial charge in [-0.25, -0.2) is 0 Å². The maximum absolute atomic E-state index is 11.3. The standard InChI is InChI=1S/C8H16BrNO2Si/c1-8(2,9)7(11)10-5-4-6-13-12-3/h4-6H2,1-3H3,(H,10,11). The molecule has 0 aromatic rings. The molecule has 3 nitrogen and oxygen atoms in total. The Balaban J connectivity index is 3.38. The lowest BCUT2D eigenvalue weighted by molar-refractivity contribution is -0.122. The molecule has 2 radical (unpaired) electrons. The van der Waals surface area contributed by atoms with Gasteiger partial charge in [-0.3, -0.25) is 4.79 Å². The van der Waals surface area contributed by atoms with E-state index < -0.39 is 4.32 Å². The Morgan fingerprint density at radius 1 is 1.62 bits per heavy atom. The zero-order valence-electron chi connectivity index (χ0n) is 8.32. The minimum atomic E-state index is -0.462. The summed E-state index contributed by atoms with van der Waals surface area (Å²) in [5.41, 5.74) is 0. The highest BCUT2D eigenvalue weighted by molar-refractivity contribution is 9.10. The number of halogens is 1. The summed E-state index contributed by atoms with van der Waals surface area (Å²) < 4.78 is 4.46. The molecule has 0 aliphatic rings. The fraction of sp³-hybridized carbons (Fsp3) is 0.875. The van der Waals surface area contributed by atoms with E-state index in [0.29, 0.717) is 9.76 Å². The van der Waals surface area contributed by atoms with Crippen LogP contribution in [-0.4, -0.2) is 33.6 Å². The topological polar surface area (TPSA) is 38.3 Å². The van der Waals surface area contributed by atoms with E-state index >= 15 is 0 Å². The molecule has 1 amide bonds. The smallest absolute Gasteiger partial charge is 0.236 e. The molecule has 0 aromatic carbocycles. The maximum Gasteiger partial charge on any atom is 0.236 e. The van der Waals surface area contributed by atoms with E-state index in [1.165, 1.54) is 0 Å². The quantitative estimate of drug-likeness (QED) is 0.448. The largest absolute Gasteiger partial charge is 0.421 e. The van der Waals surface area contributed by atoms with E-state index in [0.717, 1.165) is 19.0 Å². The van der Waals surface area contributed by atoms with Gasteiger partial charge in [0, 0.05) is 13.7 Å². The first-order valence-corrected chi connectivity index (χ1v) is 6.12. The molecule has 0 aliphatic heterocycles. The lowest BCUT2D eigenvalue weighted by Gasteiger charge is -2.15. The van der Waals surface area contributed by atoms with Crippen molar-refractivity contribution in [2.24, 2.45) is 0 Å². The van der Waals surface area contributed by atoms with E-state index in [9.17, 15) is 4.79 Å². The van der Waals surface area contributed by atoms with Gasteiger partial charge >= 0.3 is 0 Å². The first-order valence-electron chi connectivity index (χ1n) is 4.21. The molecule has 0 rings (SSSR count). The Bertz CT molecular complexity index is 159. The summed E-state index contributed by atoms with van der Waals surface area (Å²) in [4.78, 5) is 11.3. The normalized spacial score (nSPS) is 11.4. The van der Waals surface area contributed by atoms with Gasteiger partial charge in [-0.05, 0) is 26.3 Å². The van der Waals surface area contributed by atoms with Crippen molar-refractivity contribution >= 4 is 31.6 Å². The predicted molar refractivity (Wildman–Crippen MR) is 58.2 cm³/mol. The van der Waals surface area contributed by atoms with Crippen LogP contribution in [0, 0.1) is 0 Å². The molecule has 13 heavy (non-hydrogen) atoms. The van der Waals surface area contributed by atoms with Crippen LogP contribution in [0.4, 0.5) is 0 Å². The van der Waals surface area contributed by atoms with E-state index in [-0.39, 0.29) is 5.91 Å². The van der Waals surface area contributed by atoms with Crippen LogP contribution in [0.1, 0.15) is 20.3 Å². The number of carbonyl (C=O) groups excluding carboxylic acids is 1. The highest BCUT2D eigenvalue weighted by Crippen LogP contribution is 2.14. The summed E-state index contributed by atoms with van der Waals surface area (Å²) in [6.45, 7) is 4.39. The van der Waals surface area contributed by atoms with Crippen molar-refractivity contribution in [1.82, 2.24) is 5.32 Å². The van der Waals surface area contributed by atoms with Crippen LogP contribution in [-0.2, 0) is 9.22 Å². The summed E-state index contributed by atoms with van der Waals surface area (Å²) >= 11 is 3.29. The van der Waals surface area contributed by atoms with Crippen molar-refractivity contribution in [3.05, 3.63) is 0 Å². The molecule has 0 aliphatic carbocycles. The van der Waals surface area contributed by atoms with Crippen molar-refractivity contribution in [2.45, 2.75) is 30.6 Å². The fourth-order valence-electron chi connectivity index (χ4n) is 0.675. The van der Waals surface area contributed by atoms with Gasteiger partial charge in [0.2, 0.25) is 15.7 Å². The number of hydrogen-bond acceptors (Lipinski definition) is 2. The third kappa shape index (κ3) is 7.22. The van der Waals surface area contributed by atoms with E-state index in [1.807, 2.05) is 13.8 Å². The number of nitrogens with one attached hydrogen (secondary N) is 1. The van der Waals surface area contributed by atoms with E-state index in [4.69, 9.17) is 4.43 Å². The second-order valence-corrected chi connectivity index (χ2v) is 6.36. The van der Waals surface area contributed by atoms with E-state index in [2.05, 4.69) is 21.2 Å². The van der Waals surface area contributed by atoms with Crippen LogP contribution in [0.5, 0.6) is 0 Å². The van der Waals surface area contributed by atoms with Crippen molar-refractivity contribution in [3.8, 4) is 0 Å². The lowest BCUT2D eigenvalue weighted by atomic mass is 10.2. The van der Waals surface area contributed by atoms with Crippen molar-refractivity contribution in [1.29, 1.82) is 0 Å². The van der Waals surface area contributed by atoms with Gasteiger partial charge in [0.25, 0.3) is 0 Å². The fourth-order valence-corrected chi connectivity index (χ4v) is 1.34. The average Bonchev–Trinajstić information content (AvgIpc) is 2.02. The Morgan fingerprint density at radius 2 is 2.23 bits per heavy atom. The summed E-state index contributed by atoms with van der Waals surface area (Å²) in [6, 6.07) is 1.01. The van der Waals surface area contributed by atoms with Crippen molar-refractivity contribution in [3.63, 3.8) is 0 Å². The summed E-state index contributed by atoms with van der Waals surface area (Å²) in [5.74, 6) is 0.0354. The predicted octanol–water partition coefficient (Wildman–Crippen LogP) is 1.35. The minimum Gasteiger partial charge on any atom is -0.421 e. The SMILES string of the molecule is CO[Si]CCCNC(=O)C(C)(C)Br. The van der Waals surface area contributed by atoms with Crippen molar-refractivity contribution in [2.75, 3.05) is 13.7 Å². The number of hydrogen-bond donors (Lipinski definition) is 1. The molecule has 0 unspecified atom stereocenters. The van der Waals surface area contributed by atoms with Crippen LogP contribution < -0.4 is 5.32 Å². The maximum atomic E-state index is 11.3. The summed E-state index contributed by atoms with van der Waals surface area (Å²) in [7, 11) is 2.24. The van der Waals surface area contributed by atoms with Gasteiger partial charge in [0.1, 0.15) is 0 Å². The average molecular weight is 266 g/mol. The number of carbonyl (C=O) groups is 1. The Kier molecular flexibility index (Phi) is 6.63. The van der Waals surface area contributed by atoms with Crippen LogP contribution in [0.15, 0.2) is 0 Å². The highest BCUT2D eigenvalue weighted by Gasteiger charge is 2.22. The Labute approximate surface area is 90.7 Å². The zero-order chi connectivity index (χ0) is 10.3. The first-order chi connectivity index (χ1) is 5.98. The van der Waals surface area contributed by atoms with Crippen molar-refractivity contribution < 1.29 is 9.22 Å². The lowest BCUT2D eigenvalue weighted by Crippen LogP contribution is -2.38. The molecule has 0 atom stereocenters. The van der Waals surface area contributed by atoms with E-state index in [1.54, 1.807) is 7.11 Å². The Morgan fingerprint density at radius 3 is 2.69 bits per heavy atom. The van der Waals surface area contributed by atoms with Crippen LogP contribution in [0.2, 0.25) is 6.04 Å². The van der Waals surface area contributed by atoms with Gasteiger partial charge in [-0.15, -0.1) is 0 Å². The van der Waals surface area contributed by atoms with Crippen LogP contribution >= 0.6 is 15.9 Å². The minimum absolute atomic E-state index is 0.0354. The van der Waals surface area contributed by atoms with Crippen LogP contribution in [0.3, 0.4) is 0 Å². The molecule has 76 valence electrons. The number of amides is 1. The van der Waals surface area contributed by atoms with Gasteiger partial charge in [-0.2, -0.15) is 0 Å². The van der Waals surface area contributed by atoms with Gasteiger partial charge < -0.3 is 9.74 Å². The molecule has 0 fully saturated rings. The molecule has 0 bridgehead atoms. The molecule has 0 saturated heterocycles. The first kappa shape index (κ1) is 13.1. The number of alkyl halides is 1. The molecular weight excluding hydrogens is 250 g/mol. The Hall–Kier alpha value is 0.127. The molecule has 0 saturated carbocycles. The third-order valence-corrected chi connectivity index (χ3v) is 2.63. The molecule has 0 spiro atoms. The summed E-state index contributed by atoms with van der Waals surface area (Å²) in [5, 5.41) is 2.84. The second-order valence-electron chi connectivity index (χ2n) is 3.18. The molecular formula is C8H16BrNO2Si. The zero-order valence-corrected chi connectivity index (χ0v) is 10.9. The van der Waals surface area contributed by atoms with Crippen LogP contribution in [0.25, 0.3) is 0 Å². The van der Waals surface area contributed by atoms with Gasteiger partial charge in [-0.1, -0.05) is 15.9 Å². The van der Waals surface area contributed by atoms with Gasteiger partial charge in [0.05, 0.1) is 4.32 Å². The molecule has 5 heteroatoms.